The summed E-state index contributed by atoms with van der Waals surface area (Å²) in [4.78, 5) is 8.78. The molecule has 106 valence electrons. The molecule has 0 aliphatic carbocycles. The first-order chi connectivity index (χ1) is 10.3. The predicted octanol–water partition coefficient (Wildman–Crippen LogP) is 3.91. The normalized spacial score (nSPS) is 13.8. The lowest BCUT2D eigenvalue weighted by atomic mass is 10.1. The Kier molecular flexibility index (Phi) is 2.96. The van der Waals surface area contributed by atoms with Gasteiger partial charge in [-0.15, -0.1) is 11.8 Å². The molecule has 0 unspecified atom stereocenters. The van der Waals surface area contributed by atoms with Crippen LogP contribution >= 0.6 is 11.8 Å². The lowest BCUT2D eigenvalue weighted by Crippen LogP contribution is -1.93. The maximum atomic E-state index is 14.4. The maximum Gasteiger partial charge on any atom is 0.133 e. The third-order valence-corrected chi connectivity index (χ3v) is 4.59. The van der Waals surface area contributed by atoms with Crippen LogP contribution in [0.4, 0.5) is 4.39 Å². The van der Waals surface area contributed by atoms with Gasteiger partial charge in [0.05, 0.1) is 16.1 Å². The molecule has 5 heteroatoms. The third-order valence-electron chi connectivity index (χ3n) is 3.95. The molecule has 0 saturated heterocycles. The average Bonchev–Trinajstić information content (AvgIpc) is 3.07. The van der Waals surface area contributed by atoms with E-state index >= 15 is 0 Å². The first kappa shape index (κ1) is 12.8. The van der Waals surface area contributed by atoms with Crippen molar-refractivity contribution in [2.75, 3.05) is 6.26 Å². The Balaban J connectivity index is 1.93. The second kappa shape index (κ2) is 4.84. The number of thioether (sulfide) groups is 1. The van der Waals surface area contributed by atoms with Gasteiger partial charge in [-0.1, -0.05) is 0 Å². The lowest BCUT2D eigenvalue weighted by Gasteiger charge is -2.06. The first-order valence-corrected chi connectivity index (χ1v) is 8.18. The molecule has 3 heterocycles. The van der Waals surface area contributed by atoms with Gasteiger partial charge in [-0.25, -0.2) is 14.4 Å². The van der Waals surface area contributed by atoms with E-state index in [-0.39, 0.29) is 5.82 Å². The highest BCUT2D eigenvalue weighted by Crippen LogP contribution is 2.31. The van der Waals surface area contributed by atoms with Crippen molar-refractivity contribution in [3.8, 4) is 11.1 Å². The highest BCUT2D eigenvalue weighted by molar-refractivity contribution is 7.98. The molecular weight excluding hydrogens is 285 g/mol. The summed E-state index contributed by atoms with van der Waals surface area (Å²) in [5.41, 5.74) is 3.27. The minimum atomic E-state index is -0.225. The highest BCUT2D eigenvalue weighted by Gasteiger charge is 2.18. The number of imidazole rings is 1. The van der Waals surface area contributed by atoms with Crippen LogP contribution in [0.5, 0.6) is 0 Å². The van der Waals surface area contributed by atoms with Crippen molar-refractivity contribution in [3.05, 3.63) is 42.1 Å². The average molecular weight is 299 g/mol. The number of aryl methyl sites for hydroxylation is 2. The van der Waals surface area contributed by atoms with Crippen LogP contribution in [0.1, 0.15) is 12.2 Å². The molecule has 1 aliphatic rings. The third kappa shape index (κ3) is 2.03. The second-order valence-electron chi connectivity index (χ2n) is 5.19. The van der Waals surface area contributed by atoms with Crippen molar-refractivity contribution in [2.24, 2.45) is 0 Å². The van der Waals surface area contributed by atoms with Crippen LogP contribution < -0.4 is 0 Å². The summed E-state index contributed by atoms with van der Waals surface area (Å²) in [6.07, 6.45) is 5.80. The standard InChI is InChI=1S/C16H14FN3S/c1-21-16-7-10(4-5-18-16)11-8-14-13(9-12(11)17)19-15-3-2-6-20(14)15/h4-5,7-9H,2-3,6H2,1H3. The van der Waals surface area contributed by atoms with Crippen LogP contribution in [0.15, 0.2) is 35.5 Å². The fraction of sp³-hybridized carbons (Fsp3) is 0.250. The summed E-state index contributed by atoms with van der Waals surface area (Å²) in [7, 11) is 0. The maximum absolute atomic E-state index is 14.4. The van der Waals surface area contributed by atoms with Gasteiger partial charge in [0.25, 0.3) is 0 Å². The Labute approximate surface area is 126 Å². The molecule has 0 fully saturated rings. The van der Waals surface area contributed by atoms with Crippen molar-refractivity contribution in [1.29, 1.82) is 0 Å². The van der Waals surface area contributed by atoms with Gasteiger partial charge < -0.3 is 4.57 Å². The summed E-state index contributed by atoms with van der Waals surface area (Å²) in [5.74, 6) is 0.846. The molecule has 0 atom stereocenters. The minimum absolute atomic E-state index is 0.225. The predicted molar refractivity (Wildman–Crippen MR) is 83.0 cm³/mol. The fourth-order valence-corrected chi connectivity index (χ4v) is 3.35. The van der Waals surface area contributed by atoms with Gasteiger partial charge in [0.15, 0.2) is 0 Å². The monoisotopic (exact) mass is 299 g/mol. The van der Waals surface area contributed by atoms with E-state index in [0.717, 1.165) is 46.8 Å². The van der Waals surface area contributed by atoms with Crippen molar-refractivity contribution in [3.63, 3.8) is 0 Å². The highest BCUT2D eigenvalue weighted by atomic mass is 32.2. The van der Waals surface area contributed by atoms with Crippen LogP contribution in [-0.2, 0) is 13.0 Å². The van der Waals surface area contributed by atoms with Gasteiger partial charge in [-0.3, -0.25) is 0 Å². The SMILES string of the molecule is CSc1cc(-c2cc3c(cc2F)nc2n3CCC2)ccn1. The van der Waals surface area contributed by atoms with Crippen LogP contribution in [0, 0.1) is 5.82 Å². The molecule has 2 aromatic heterocycles. The molecule has 1 aliphatic heterocycles. The molecule has 0 amide bonds. The Morgan fingerprint density at radius 3 is 3.05 bits per heavy atom. The summed E-state index contributed by atoms with van der Waals surface area (Å²) in [5, 5.41) is 0.894. The summed E-state index contributed by atoms with van der Waals surface area (Å²) >= 11 is 1.56. The van der Waals surface area contributed by atoms with Gasteiger partial charge in [-0.05, 0) is 36.4 Å². The van der Waals surface area contributed by atoms with E-state index in [2.05, 4.69) is 14.5 Å². The number of rotatable bonds is 2. The molecule has 3 aromatic rings. The number of hydrogen-bond donors (Lipinski definition) is 0. The molecule has 0 N–H and O–H groups in total. The quantitative estimate of drug-likeness (QED) is 0.672. The summed E-state index contributed by atoms with van der Waals surface area (Å²) in [6.45, 7) is 0.976. The van der Waals surface area contributed by atoms with Gasteiger partial charge >= 0.3 is 0 Å². The number of halogens is 1. The number of pyridine rings is 1. The van der Waals surface area contributed by atoms with E-state index in [1.807, 2.05) is 24.5 Å². The number of benzene rings is 1. The molecule has 0 bridgehead atoms. The molecule has 3 nitrogen and oxygen atoms in total. The van der Waals surface area contributed by atoms with Crippen LogP contribution in [-0.4, -0.2) is 20.8 Å². The number of nitrogens with zero attached hydrogens (tertiary/aromatic N) is 3. The Morgan fingerprint density at radius 2 is 2.19 bits per heavy atom. The number of hydrogen-bond acceptors (Lipinski definition) is 3. The van der Waals surface area contributed by atoms with E-state index in [1.165, 1.54) is 0 Å². The molecule has 0 saturated carbocycles. The Bertz CT molecular complexity index is 841. The van der Waals surface area contributed by atoms with E-state index in [9.17, 15) is 4.39 Å². The van der Waals surface area contributed by atoms with E-state index in [4.69, 9.17) is 0 Å². The van der Waals surface area contributed by atoms with Gasteiger partial charge in [0, 0.05) is 30.8 Å². The Morgan fingerprint density at radius 1 is 1.29 bits per heavy atom. The van der Waals surface area contributed by atoms with Gasteiger partial charge in [0.1, 0.15) is 11.6 Å². The van der Waals surface area contributed by atoms with Crippen LogP contribution in [0.3, 0.4) is 0 Å². The molecule has 0 radical (unpaired) electrons. The molecular formula is C16H14FN3S. The fourth-order valence-electron chi connectivity index (χ4n) is 2.94. The van der Waals surface area contributed by atoms with Crippen molar-refractivity contribution in [2.45, 2.75) is 24.4 Å². The smallest absolute Gasteiger partial charge is 0.133 e. The van der Waals surface area contributed by atoms with Crippen LogP contribution in [0.25, 0.3) is 22.2 Å². The zero-order valence-electron chi connectivity index (χ0n) is 11.6. The molecule has 4 rings (SSSR count). The van der Waals surface area contributed by atoms with Crippen molar-refractivity contribution in [1.82, 2.24) is 14.5 Å². The number of aromatic nitrogens is 3. The minimum Gasteiger partial charge on any atom is -0.328 e. The van der Waals surface area contributed by atoms with Crippen molar-refractivity contribution < 1.29 is 4.39 Å². The molecule has 21 heavy (non-hydrogen) atoms. The second-order valence-corrected chi connectivity index (χ2v) is 6.02. The summed E-state index contributed by atoms with van der Waals surface area (Å²) in [6, 6.07) is 7.25. The molecule has 0 spiro atoms. The summed E-state index contributed by atoms with van der Waals surface area (Å²) < 4.78 is 16.6. The van der Waals surface area contributed by atoms with Crippen molar-refractivity contribution >= 4 is 22.8 Å². The lowest BCUT2D eigenvalue weighted by molar-refractivity contribution is 0.632. The largest absolute Gasteiger partial charge is 0.328 e. The Hall–Kier alpha value is -1.88. The zero-order chi connectivity index (χ0) is 14.4. The van der Waals surface area contributed by atoms with E-state index in [0.29, 0.717) is 5.56 Å². The van der Waals surface area contributed by atoms with Crippen LogP contribution in [0.2, 0.25) is 0 Å². The zero-order valence-corrected chi connectivity index (χ0v) is 12.5. The number of fused-ring (bicyclic) bond motifs is 3. The van der Waals surface area contributed by atoms with Gasteiger partial charge in [-0.2, -0.15) is 0 Å². The van der Waals surface area contributed by atoms with Gasteiger partial charge in [0.2, 0.25) is 0 Å². The van der Waals surface area contributed by atoms with E-state index in [1.54, 1.807) is 24.0 Å². The topological polar surface area (TPSA) is 30.7 Å². The first-order valence-electron chi connectivity index (χ1n) is 6.95. The molecule has 1 aromatic carbocycles. The van der Waals surface area contributed by atoms with E-state index < -0.39 is 0 Å².